The van der Waals surface area contributed by atoms with Crippen LogP contribution in [0.3, 0.4) is 0 Å². The van der Waals surface area contributed by atoms with Crippen LogP contribution < -0.4 is 10.1 Å². The molecule has 16 nitrogen and oxygen atoms in total. The maximum atomic E-state index is 12.0. The highest BCUT2D eigenvalue weighted by atomic mass is 16.7. The number of allylic oxidation sites excluding steroid dienone is 2. The lowest BCUT2D eigenvalue weighted by Crippen LogP contribution is -2.60. The predicted octanol–water partition coefficient (Wildman–Crippen LogP) is -3.04. The van der Waals surface area contributed by atoms with Crippen molar-refractivity contribution in [2.45, 2.75) is 55.3 Å². The fraction of sp³-hybridized carbons (Fsp3) is 0.417. The number of carboxylic acids is 3. The van der Waals surface area contributed by atoms with Gasteiger partial charge in [-0.25, -0.2) is 14.4 Å². The zero-order valence-corrected chi connectivity index (χ0v) is 20.5. The number of phenolic OH excluding ortho intramolecular Hbond substituents is 1. The molecule has 0 aromatic heterocycles. The first kappa shape index (κ1) is 28.9. The van der Waals surface area contributed by atoms with Crippen LogP contribution in [0.2, 0.25) is 0 Å². The fourth-order valence-corrected chi connectivity index (χ4v) is 4.61. The van der Waals surface area contributed by atoms with Crippen LogP contribution in [-0.4, -0.2) is 124 Å². The summed E-state index contributed by atoms with van der Waals surface area (Å²) in [7, 11) is 0. The van der Waals surface area contributed by atoms with Gasteiger partial charge in [-0.05, 0) is 17.7 Å². The van der Waals surface area contributed by atoms with Gasteiger partial charge < -0.3 is 60.7 Å². The Labute approximate surface area is 224 Å². The molecule has 10 N–H and O–H groups in total. The van der Waals surface area contributed by atoms with Gasteiger partial charge in [-0.2, -0.15) is 4.58 Å². The summed E-state index contributed by atoms with van der Waals surface area (Å²) in [5, 5.41) is 90.8. The SMILES string of the molecule is O=C(O)C1=CC(=CC=[N+]2c3cc(O)c(O[C@@H]4O[C@H](CO)[C@@H](O)[C@H](O)[C@H]4O)cc3C[C@H]2C(=O)O)C[C@@](O)(C(=O)O)N1. The summed E-state index contributed by atoms with van der Waals surface area (Å²) >= 11 is 0. The lowest BCUT2D eigenvalue weighted by atomic mass is 9.96. The summed E-state index contributed by atoms with van der Waals surface area (Å²) in [4.78, 5) is 34.9. The van der Waals surface area contributed by atoms with Crippen molar-refractivity contribution in [2.75, 3.05) is 6.61 Å². The van der Waals surface area contributed by atoms with Crippen LogP contribution in [0.15, 0.2) is 35.6 Å². The molecule has 1 fully saturated rings. The van der Waals surface area contributed by atoms with Crippen LogP contribution in [0.4, 0.5) is 5.69 Å². The summed E-state index contributed by atoms with van der Waals surface area (Å²) in [5.41, 5.74) is -2.61. The van der Waals surface area contributed by atoms with Crippen molar-refractivity contribution in [3.63, 3.8) is 0 Å². The van der Waals surface area contributed by atoms with Gasteiger partial charge in [-0.3, -0.25) is 0 Å². The van der Waals surface area contributed by atoms with E-state index in [4.69, 9.17) is 9.47 Å². The number of aliphatic carboxylic acids is 3. The molecule has 216 valence electrons. The van der Waals surface area contributed by atoms with E-state index in [9.17, 15) is 60.3 Å². The van der Waals surface area contributed by atoms with Gasteiger partial charge in [0.05, 0.1) is 19.1 Å². The summed E-state index contributed by atoms with van der Waals surface area (Å²) in [6, 6.07) is 1.22. The molecule has 0 aliphatic carbocycles. The first-order chi connectivity index (χ1) is 18.7. The highest BCUT2D eigenvalue weighted by Crippen LogP contribution is 2.40. The van der Waals surface area contributed by atoms with E-state index < -0.39 is 84.9 Å². The molecular formula is C24H27N2O14+. The molecule has 3 aliphatic rings. The van der Waals surface area contributed by atoms with E-state index in [0.717, 1.165) is 12.1 Å². The maximum absolute atomic E-state index is 12.0. The van der Waals surface area contributed by atoms with Gasteiger partial charge in [0.2, 0.25) is 17.7 Å². The van der Waals surface area contributed by atoms with Crippen LogP contribution >= 0.6 is 0 Å². The minimum Gasteiger partial charge on any atom is -0.504 e. The summed E-state index contributed by atoms with van der Waals surface area (Å²) in [5.74, 6) is -5.31. The molecule has 1 aromatic rings. The number of hydrogen-bond donors (Lipinski definition) is 10. The van der Waals surface area contributed by atoms with E-state index in [1.165, 1.54) is 22.9 Å². The van der Waals surface area contributed by atoms with Crippen LogP contribution in [0.1, 0.15) is 12.0 Å². The number of nitrogens with one attached hydrogen (secondary N) is 1. The standard InChI is InChI=1S/C24H26N2O14/c27-8-16-17(29)18(30)19(31)22(40-16)39-15-5-10-4-13(21(34)35)26(12(10)6-14(15)28)2-1-9-3-11(20(32)33)25-24(38,7-9)23(36)37/h1-3,5-6,13,16-19,22,27,29-31,38H,4,7-8H2,(H4,28,32,33,34,35,36,37)/p+1/t13-,16+,17+,18-,19+,22+,24+/m0/s1. The number of benzene rings is 1. The van der Waals surface area contributed by atoms with Crippen molar-refractivity contribution in [3.8, 4) is 11.5 Å². The third-order valence-electron chi connectivity index (χ3n) is 6.73. The van der Waals surface area contributed by atoms with E-state index in [-0.39, 0.29) is 23.4 Å². The number of hydrogen-bond acceptors (Lipinski definition) is 12. The quantitative estimate of drug-likeness (QED) is 0.147. The first-order valence-electron chi connectivity index (χ1n) is 11.8. The number of ether oxygens (including phenoxy) is 2. The predicted molar refractivity (Wildman–Crippen MR) is 128 cm³/mol. The number of aliphatic hydroxyl groups is 5. The molecule has 7 atom stereocenters. The number of carbonyl (C=O) groups is 3. The second-order valence-corrected chi connectivity index (χ2v) is 9.45. The van der Waals surface area contributed by atoms with E-state index in [2.05, 4.69) is 0 Å². The molecular weight excluding hydrogens is 540 g/mol. The van der Waals surface area contributed by atoms with E-state index in [1.54, 1.807) is 0 Å². The normalized spacial score (nSPS) is 33.7. The Balaban J connectivity index is 1.68. The molecule has 0 unspecified atom stereocenters. The minimum atomic E-state index is -2.62. The first-order valence-corrected chi connectivity index (χ1v) is 11.8. The molecule has 0 radical (unpaired) electrons. The Morgan fingerprint density at radius 1 is 1.12 bits per heavy atom. The number of nitrogens with zero attached hydrogens (tertiary/aromatic N) is 1. The zero-order chi connectivity index (χ0) is 29.5. The van der Waals surface area contributed by atoms with Gasteiger partial charge >= 0.3 is 17.9 Å². The van der Waals surface area contributed by atoms with Crippen molar-refractivity contribution < 1.29 is 74.4 Å². The Hall–Kier alpha value is -4.06. The van der Waals surface area contributed by atoms with Gasteiger partial charge in [-0.1, -0.05) is 0 Å². The molecule has 16 heteroatoms. The van der Waals surface area contributed by atoms with Crippen LogP contribution in [-0.2, 0) is 25.5 Å². The van der Waals surface area contributed by atoms with Gasteiger partial charge in [0.25, 0.3) is 6.04 Å². The topological polar surface area (TPSA) is 267 Å². The van der Waals surface area contributed by atoms with Gasteiger partial charge in [0, 0.05) is 18.1 Å². The van der Waals surface area contributed by atoms with E-state index in [0.29, 0.717) is 5.56 Å². The number of aromatic hydroxyl groups is 1. The molecule has 4 rings (SSSR count). The number of fused-ring (bicyclic) bond motifs is 1. The Morgan fingerprint density at radius 2 is 1.82 bits per heavy atom. The van der Waals surface area contributed by atoms with Crippen molar-refractivity contribution >= 4 is 29.8 Å². The average Bonchev–Trinajstić information content (AvgIpc) is 3.24. The van der Waals surface area contributed by atoms with E-state index >= 15 is 0 Å². The van der Waals surface area contributed by atoms with E-state index in [1.807, 2.05) is 5.32 Å². The summed E-state index contributed by atoms with van der Waals surface area (Å²) in [6.07, 6.45) is -5.09. The van der Waals surface area contributed by atoms with Crippen LogP contribution in [0, 0.1) is 0 Å². The molecule has 0 amide bonds. The third-order valence-corrected chi connectivity index (χ3v) is 6.73. The molecule has 1 aromatic carbocycles. The van der Waals surface area contributed by atoms with Gasteiger partial charge in [-0.15, -0.1) is 0 Å². The minimum absolute atomic E-state index is 0.0467. The Bertz CT molecular complexity index is 1320. The second kappa shape index (κ2) is 10.8. The lowest BCUT2D eigenvalue weighted by Gasteiger charge is -2.39. The van der Waals surface area contributed by atoms with Gasteiger partial charge in [0.15, 0.2) is 17.7 Å². The largest absolute Gasteiger partial charge is 0.504 e. The van der Waals surface area contributed by atoms with Crippen LogP contribution in [0.25, 0.3) is 0 Å². The van der Waals surface area contributed by atoms with Gasteiger partial charge in [0.1, 0.15) is 30.1 Å². The molecule has 0 bridgehead atoms. The zero-order valence-electron chi connectivity index (χ0n) is 20.5. The third kappa shape index (κ3) is 5.35. The van der Waals surface area contributed by atoms with Crippen molar-refractivity contribution in [1.29, 1.82) is 0 Å². The number of carboxylic acid groups (broad SMARTS) is 3. The average molecular weight is 567 g/mol. The van der Waals surface area contributed by atoms with Crippen molar-refractivity contribution in [1.82, 2.24) is 5.32 Å². The van der Waals surface area contributed by atoms with Crippen molar-refractivity contribution in [2.24, 2.45) is 0 Å². The summed E-state index contributed by atoms with van der Waals surface area (Å²) in [6.45, 7) is -0.704. The molecule has 0 saturated carbocycles. The highest BCUT2D eigenvalue weighted by Gasteiger charge is 2.46. The summed E-state index contributed by atoms with van der Waals surface area (Å²) < 4.78 is 12.0. The molecule has 1 saturated heterocycles. The smallest absolute Gasteiger partial charge is 0.373 e. The molecule has 3 aliphatic heterocycles. The maximum Gasteiger partial charge on any atom is 0.373 e. The second-order valence-electron chi connectivity index (χ2n) is 9.45. The highest BCUT2D eigenvalue weighted by molar-refractivity contribution is 5.90. The molecule has 3 heterocycles. The number of aliphatic hydroxyl groups excluding tert-OH is 4. The lowest BCUT2D eigenvalue weighted by molar-refractivity contribution is -0.456. The Kier molecular flexibility index (Phi) is 7.84. The fourth-order valence-electron chi connectivity index (χ4n) is 4.61. The molecule has 0 spiro atoms. The Morgan fingerprint density at radius 3 is 2.42 bits per heavy atom. The van der Waals surface area contributed by atoms with Crippen molar-refractivity contribution in [3.05, 3.63) is 41.1 Å². The molecule has 40 heavy (non-hydrogen) atoms. The van der Waals surface area contributed by atoms with Crippen LogP contribution in [0.5, 0.6) is 11.5 Å². The monoisotopic (exact) mass is 567 g/mol. The number of phenols is 1. The number of rotatable bonds is 7.